The highest BCUT2D eigenvalue weighted by molar-refractivity contribution is 7.10. The summed E-state index contributed by atoms with van der Waals surface area (Å²) in [4.78, 5) is 23.5. The van der Waals surface area contributed by atoms with Gasteiger partial charge in [-0.25, -0.2) is 9.97 Å². The molecular weight excluding hydrogens is 272 g/mol. The molecule has 1 unspecified atom stereocenters. The van der Waals surface area contributed by atoms with Gasteiger partial charge >= 0.3 is 0 Å². The van der Waals surface area contributed by atoms with Crippen LogP contribution in [0.15, 0.2) is 29.9 Å². The van der Waals surface area contributed by atoms with Crippen LogP contribution in [0.3, 0.4) is 0 Å². The van der Waals surface area contributed by atoms with Crippen LogP contribution >= 0.6 is 11.3 Å². The highest BCUT2D eigenvalue weighted by Crippen LogP contribution is 2.24. The molecule has 0 radical (unpaired) electrons. The van der Waals surface area contributed by atoms with Crippen LogP contribution in [-0.4, -0.2) is 34.4 Å². The van der Waals surface area contributed by atoms with Crippen molar-refractivity contribution < 1.29 is 4.79 Å². The van der Waals surface area contributed by atoms with Gasteiger partial charge in [0.05, 0.1) is 18.4 Å². The molecule has 1 N–H and O–H groups in total. The quantitative estimate of drug-likeness (QED) is 0.920. The number of thiophene rings is 1. The van der Waals surface area contributed by atoms with E-state index in [4.69, 9.17) is 0 Å². The summed E-state index contributed by atoms with van der Waals surface area (Å²) in [6.07, 6.45) is 3.10. The Labute approximate surface area is 122 Å². The second kappa shape index (κ2) is 6.47. The Morgan fingerprint density at radius 1 is 1.45 bits per heavy atom. The lowest BCUT2D eigenvalue weighted by Gasteiger charge is -2.23. The van der Waals surface area contributed by atoms with Crippen LogP contribution in [0.25, 0.3) is 0 Å². The van der Waals surface area contributed by atoms with Crippen LogP contribution < -0.4 is 5.32 Å². The van der Waals surface area contributed by atoms with Gasteiger partial charge in [-0.05, 0) is 25.3 Å². The molecule has 0 saturated heterocycles. The van der Waals surface area contributed by atoms with Crippen LogP contribution in [-0.2, 0) is 0 Å². The number of nitrogens with one attached hydrogen (secondary N) is 1. The van der Waals surface area contributed by atoms with Gasteiger partial charge in [0.15, 0.2) is 0 Å². The summed E-state index contributed by atoms with van der Waals surface area (Å²) >= 11 is 1.64. The smallest absolute Gasteiger partial charge is 0.274 e. The van der Waals surface area contributed by atoms with Crippen LogP contribution in [0.2, 0.25) is 0 Å². The molecular formula is C14H18N4OS. The van der Waals surface area contributed by atoms with Gasteiger partial charge in [-0.3, -0.25) is 4.79 Å². The first-order valence-electron chi connectivity index (χ1n) is 6.50. The topological polar surface area (TPSA) is 58.1 Å². The van der Waals surface area contributed by atoms with Crippen molar-refractivity contribution in [2.24, 2.45) is 0 Å². The fourth-order valence-corrected chi connectivity index (χ4v) is 2.61. The average molecular weight is 290 g/mol. The van der Waals surface area contributed by atoms with Crippen LogP contribution in [0, 0.1) is 0 Å². The third kappa shape index (κ3) is 3.14. The summed E-state index contributed by atoms with van der Waals surface area (Å²) in [6.45, 7) is 4.76. The molecule has 0 fully saturated rings. The highest BCUT2D eigenvalue weighted by atomic mass is 32.1. The van der Waals surface area contributed by atoms with E-state index in [0.717, 1.165) is 11.4 Å². The average Bonchev–Trinajstić information content (AvgIpc) is 3.00. The van der Waals surface area contributed by atoms with Gasteiger partial charge < -0.3 is 10.2 Å². The maximum absolute atomic E-state index is 12.4. The van der Waals surface area contributed by atoms with E-state index in [1.54, 1.807) is 29.5 Å². The number of carbonyl (C=O) groups excluding carboxylic acids is 1. The van der Waals surface area contributed by atoms with Gasteiger partial charge in [-0.2, -0.15) is 0 Å². The Hall–Kier alpha value is -1.95. The molecule has 0 aromatic carbocycles. The molecule has 0 spiro atoms. The predicted octanol–water partition coefficient (Wildman–Crippen LogP) is 2.80. The summed E-state index contributed by atoms with van der Waals surface area (Å²) in [5, 5.41) is 5.06. The third-order valence-corrected chi connectivity index (χ3v) is 4.13. The Morgan fingerprint density at radius 2 is 2.25 bits per heavy atom. The molecule has 2 rings (SSSR count). The molecule has 0 aliphatic heterocycles. The second-order valence-corrected chi connectivity index (χ2v) is 5.40. The number of rotatable bonds is 5. The van der Waals surface area contributed by atoms with E-state index in [0.29, 0.717) is 11.5 Å². The van der Waals surface area contributed by atoms with Gasteiger partial charge in [0.2, 0.25) is 0 Å². The fraction of sp³-hybridized carbons (Fsp3) is 0.357. The molecule has 2 aromatic heterocycles. The summed E-state index contributed by atoms with van der Waals surface area (Å²) < 4.78 is 0. The lowest BCUT2D eigenvalue weighted by atomic mass is 10.2. The van der Waals surface area contributed by atoms with Crippen LogP contribution in [0.1, 0.15) is 35.3 Å². The van der Waals surface area contributed by atoms with Crippen molar-refractivity contribution in [1.29, 1.82) is 0 Å². The van der Waals surface area contributed by atoms with Crippen molar-refractivity contribution in [3.63, 3.8) is 0 Å². The van der Waals surface area contributed by atoms with Gasteiger partial charge in [0.25, 0.3) is 5.91 Å². The first-order chi connectivity index (χ1) is 9.63. The van der Waals surface area contributed by atoms with E-state index < -0.39 is 0 Å². The minimum absolute atomic E-state index is 0.0257. The molecule has 6 heteroatoms. The van der Waals surface area contributed by atoms with Crippen molar-refractivity contribution in [2.75, 3.05) is 18.9 Å². The largest absolute Gasteiger partial charge is 0.369 e. The molecule has 5 nitrogen and oxygen atoms in total. The summed E-state index contributed by atoms with van der Waals surface area (Å²) in [6, 6.07) is 4.04. The molecule has 0 aliphatic rings. The molecule has 2 aromatic rings. The minimum Gasteiger partial charge on any atom is -0.369 e. The first-order valence-corrected chi connectivity index (χ1v) is 7.38. The molecule has 0 saturated carbocycles. The standard InChI is InChI=1S/C14H18N4OS/c1-4-15-13-9-16-11(8-17-13)14(19)18(3)10(2)12-6-5-7-20-12/h5-10H,4H2,1-3H3,(H,15,17). The second-order valence-electron chi connectivity index (χ2n) is 4.42. The fourth-order valence-electron chi connectivity index (χ4n) is 1.79. The van der Waals surface area contributed by atoms with Gasteiger partial charge in [0.1, 0.15) is 11.5 Å². The Bertz CT molecular complexity index is 553. The number of aromatic nitrogens is 2. The summed E-state index contributed by atoms with van der Waals surface area (Å²) in [5.41, 5.74) is 0.359. The molecule has 20 heavy (non-hydrogen) atoms. The SMILES string of the molecule is CCNc1cnc(C(=O)N(C)C(C)c2cccs2)cn1. The van der Waals surface area contributed by atoms with Crippen LogP contribution in [0.5, 0.6) is 0 Å². The number of nitrogens with zero attached hydrogens (tertiary/aromatic N) is 3. The zero-order chi connectivity index (χ0) is 14.5. The zero-order valence-corrected chi connectivity index (χ0v) is 12.6. The molecule has 1 amide bonds. The van der Waals surface area contributed by atoms with E-state index >= 15 is 0 Å². The maximum atomic E-state index is 12.4. The molecule has 106 valence electrons. The minimum atomic E-state index is -0.124. The lowest BCUT2D eigenvalue weighted by molar-refractivity contribution is 0.0738. The molecule has 0 aliphatic carbocycles. The van der Waals surface area contributed by atoms with Crippen molar-refractivity contribution >= 4 is 23.1 Å². The normalized spacial score (nSPS) is 11.9. The highest BCUT2D eigenvalue weighted by Gasteiger charge is 2.20. The predicted molar refractivity (Wildman–Crippen MR) is 81.0 cm³/mol. The van der Waals surface area contributed by atoms with E-state index in [1.807, 2.05) is 31.4 Å². The molecule has 2 heterocycles. The monoisotopic (exact) mass is 290 g/mol. The van der Waals surface area contributed by atoms with Gasteiger partial charge in [-0.1, -0.05) is 6.07 Å². The van der Waals surface area contributed by atoms with E-state index in [1.165, 1.54) is 6.20 Å². The Balaban J connectivity index is 2.10. The Morgan fingerprint density at radius 3 is 2.80 bits per heavy atom. The van der Waals surface area contributed by atoms with Gasteiger partial charge in [-0.15, -0.1) is 11.3 Å². The van der Waals surface area contributed by atoms with E-state index in [2.05, 4.69) is 15.3 Å². The lowest BCUT2D eigenvalue weighted by Crippen LogP contribution is -2.30. The number of carbonyl (C=O) groups is 1. The van der Waals surface area contributed by atoms with Crippen LogP contribution in [0.4, 0.5) is 5.82 Å². The Kier molecular flexibility index (Phi) is 4.68. The van der Waals surface area contributed by atoms with Crippen molar-refractivity contribution in [3.8, 4) is 0 Å². The van der Waals surface area contributed by atoms with Crippen molar-refractivity contribution in [1.82, 2.24) is 14.9 Å². The van der Waals surface area contributed by atoms with Crippen molar-refractivity contribution in [2.45, 2.75) is 19.9 Å². The molecule has 0 bridgehead atoms. The van der Waals surface area contributed by atoms with Crippen molar-refractivity contribution in [3.05, 3.63) is 40.5 Å². The first kappa shape index (κ1) is 14.5. The summed E-state index contributed by atoms with van der Waals surface area (Å²) in [7, 11) is 1.78. The molecule has 1 atom stereocenters. The summed E-state index contributed by atoms with van der Waals surface area (Å²) in [5.74, 6) is 0.555. The van der Waals surface area contributed by atoms with E-state index in [9.17, 15) is 4.79 Å². The number of hydrogen-bond donors (Lipinski definition) is 1. The zero-order valence-electron chi connectivity index (χ0n) is 11.8. The number of amides is 1. The number of anilines is 1. The van der Waals surface area contributed by atoms with Gasteiger partial charge in [0, 0.05) is 18.5 Å². The van der Waals surface area contributed by atoms with E-state index in [-0.39, 0.29) is 11.9 Å². The maximum Gasteiger partial charge on any atom is 0.274 e. The third-order valence-electron chi connectivity index (χ3n) is 3.09. The number of hydrogen-bond acceptors (Lipinski definition) is 5.